The number of nitrogens with two attached hydrogens (primary N) is 1. The third-order valence-electron chi connectivity index (χ3n) is 2.28. The molecule has 2 aromatic rings. The van der Waals surface area contributed by atoms with Crippen LogP contribution in [-0.4, -0.2) is 10.2 Å². The van der Waals surface area contributed by atoms with Gasteiger partial charge < -0.3 is 11.1 Å². The molecule has 0 atom stereocenters. The fourth-order valence-electron chi connectivity index (χ4n) is 1.37. The molecule has 1 aromatic carbocycles. The molecular formula is C11H10IN5. The highest BCUT2D eigenvalue weighted by molar-refractivity contribution is 14.1. The van der Waals surface area contributed by atoms with E-state index < -0.39 is 0 Å². The maximum absolute atomic E-state index is 8.92. The van der Waals surface area contributed by atoms with Gasteiger partial charge in [0.25, 0.3) is 0 Å². The molecule has 0 saturated carbocycles. The minimum Gasteiger partial charge on any atom is -0.383 e. The van der Waals surface area contributed by atoms with Gasteiger partial charge in [0.05, 0.1) is 0 Å². The Morgan fingerprint density at radius 2 is 2.12 bits per heavy atom. The Morgan fingerprint density at radius 3 is 2.71 bits per heavy atom. The van der Waals surface area contributed by atoms with Crippen LogP contribution in [0.2, 0.25) is 0 Å². The Bertz CT molecular complexity index is 552. The summed E-state index contributed by atoms with van der Waals surface area (Å²) in [5, 5.41) is 18.5. The lowest BCUT2D eigenvalue weighted by atomic mass is 10.2. The Hall–Kier alpha value is -1.75. The van der Waals surface area contributed by atoms with E-state index in [-0.39, 0.29) is 5.82 Å². The molecule has 1 heterocycles. The molecule has 86 valence electrons. The number of nitriles is 1. The molecule has 6 heteroatoms. The third-order valence-corrected chi connectivity index (χ3v) is 3.16. The molecular weight excluding hydrogens is 329 g/mol. The van der Waals surface area contributed by atoms with E-state index in [9.17, 15) is 0 Å². The minimum atomic E-state index is 0.277. The zero-order valence-corrected chi connectivity index (χ0v) is 11.0. The van der Waals surface area contributed by atoms with Crippen molar-refractivity contribution in [2.75, 3.05) is 11.1 Å². The quantitative estimate of drug-likeness (QED) is 0.592. The summed E-state index contributed by atoms with van der Waals surface area (Å²) in [5.74, 6) is 0.728. The van der Waals surface area contributed by atoms with Crippen molar-refractivity contribution in [1.29, 1.82) is 5.26 Å². The summed E-state index contributed by atoms with van der Waals surface area (Å²) >= 11 is 2.31. The average Bonchev–Trinajstić information content (AvgIpc) is 2.71. The first-order chi connectivity index (χ1) is 8.24. The van der Waals surface area contributed by atoms with Crippen molar-refractivity contribution in [3.05, 3.63) is 35.4 Å². The number of nitrogens with zero attached hydrogens (tertiary/aromatic N) is 2. The number of benzene rings is 1. The Morgan fingerprint density at radius 1 is 1.41 bits per heavy atom. The first-order valence-corrected chi connectivity index (χ1v) is 6.43. The fourth-order valence-corrected chi connectivity index (χ4v) is 1.88. The molecule has 0 aliphatic heterocycles. The van der Waals surface area contributed by atoms with Gasteiger partial charge in [0.1, 0.15) is 17.5 Å². The lowest BCUT2D eigenvalue weighted by Gasteiger charge is -2.03. The number of aromatic amines is 1. The van der Waals surface area contributed by atoms with Gasteiger partial charge in [-0.15, -0.1) is 0 Å². The van der Waals surface area contributed by atoms with Crippen molar-refractivity contribution >= 4 is 39.9 Å². The van der Waals surface area contributed by atoms with E-state index in [0.29, 0.717) is 11.4 Å². The number of halogens is 1. The molecule has 0 spiro atoms. The number of alkyl halides is 1. The van der Waals surface area contributed by atoms with Crippen LogP contribution in [0.4, 0.5) is 17.3 Å². The second-order valence-electron chi connectivity index (χ2n) is 3.43. The predicted molar refractivity (Wildman–Crippen MR) is 75.2 cm³/mol. The largest absolute Gasteiger partial charge is 0.383 e. The summed E-state index contributed by atoms with van der Waals surface area (Å²) in [4.78, 5) is 0. The van der Waals surface area contributed by atoms with E-state index in [1.807, 2.05) is 30.3 Å². The molecule has 1 aromatic heterocycles. The first-order valence-electron chi connectivity index (χ1n) is 4.90. The van der Waals surface area contributed by atoms with Gasteiger partial charge in [-0.25, -0.2) is 0 Å². The maximum atomic E-state index is 8.92. The topological polar surface area (TPSA) is 90.5 Å². The van der Waals surface area contributed by atoms with Crippen molar-refractivity contribution < 1.29 is 0 Å². The normalized spacial score (nSPS) is 9.88. The third kappa shape index (κ3) is 2.50. The standard InChI is InChI=1S/C11H10IN5/c12-5-7-1-3-8(4-2-7)15-11-9(6-13)10(14)16-17-11/h1-4H,5H2,(H4,14,15,16,17). The predicted octanol–water partition coefficient (Wildman–Crippen LogP) is 2.54. The number of hydrogen-bond donors (Lipinski definition) is 3. The van der Waals surface area contributed by atoms with Crippen LogP contribution in [0.5, 0.6) is 0 Å². The van der Waals surface area contributed by atoms with Crippen LogP contribution in [0, 0.1) is 11.3 Å². The average molecular weight is 339 g/mol. The minimum absolute atomic E-state index is 0.277. The van der Waals surface area contributed by atoms with E-state index >= 15 is 0 Å². The van der Waals surface area contributed by atoms with E-state index in [1.165, 1.54) is 5.56 Å². The maximum Gasteiger partial charge on any atom is 0.172 e. The van der Waals surface area contributed by atoms with Crippen LogP contribution < -0.4 is 11.1 Å². The molecule has 0 unspecified atom stereocenters. The van der Waals surface area contributed by atoms with E-state index in [4.69, 9.17) is 11.0 Å². The van der Waals surface area contributed by atoms with Crippen molar-refractivity contribution in [3.8, 4) is 6.07 Å². The molecule has 17 heavy (non-hydrogen) atoms. The summed E-state index contributed by atoms with van der Waals surface area (Å²) in [6.45, 7) is 0. The number of rotatable bonds is 3. The van der Waals surface area contributed by atoms with Crippen molar-refractivity contribution in [2.45, 2.75) is 4.43 Å². The van der Waals surface area contributed by atoms with Gasteiger partial charge in [-0.1, -0.05) is 34.7 Å². The summed E-state index contributed by atoms with van der Waals surface area (Å²) in [6, 6.07) is 9.94. The highest BCUT2D eigenvalue weighted by atomic mass is 127. The SMILES string of the molecule is N#Cc1c(Nc2ccc(CI)cc2)n[nH]c1N. The number of nitrogen functional groups attached to an aromatic ring is 1. The second-order valence-corrected chi connectivity index (χ2v) is 4.19. The van der Waals surface area contributed by atoms with Gasteiger partial charge in [-0.3, -0.25) is 5.10 Å². The van der Waals surface area contributed by atoms with Crippen LogP contribution in [0.25, 0.3) is 0 Å². The molecule has 4 N–H and O–H groups in total. The van der Waals surface area contributed by atoms with Crippen molar-refractivity contribution in [2.24, 2.45) is 0 Å². The van der Waals surface area contributed by atoms with E-state index in [2.05, 4.69) is 38.1 Å². The van der Waals surface area contributed by atoms with Gasteiger partial charge in [0.2, 0.25) is 0 Å². The number of anilines is 3. The highest BCUT2D eigenvalue weighted by Gasteiger charge is 2.10. The summed E-state index contributed by atoms with van der Waals surface area (Å²) in [7, 11) is 0. The molecule has 0 aliphatic rings. The number of aromatic nitrogens is 2. The highest BCUT2D eigenvalue weighted by Crippen LogP contribution is 2.22. The molecule has 5 nitrogen and oxygen atoms in total. The van der Waals surface area contributed by atoms with Crippen molar-refractivity contribution in [1.82, 2.24) is 10.2 Å². The monoisotopic (exact) mass is 339 g/mol. The van der Waals surface area contributed by atoms with Gasteiger partial charge >= 0.3 is 0 Å². The fraction of sp³-hybridized carbons (Fsp3) is 0.0909. The zero-order chi connectivity index (χ0) is 12.3. The number of hydrogen-bond acceptors (Lipinski definition) is 4. The van der Waals surface area contributed by atoms with Crippen molar-refractivity contribution in [3.63, 3.8) is 0 Å². The molecule has 0 amide bonds. The zero-order valence-electron chi connectivity index (χ0n) is 8.87. The Labute approximate surface area is 112 Å². The lowest BCUT2D eigenvalue weighted by molar-refractivity contribution is 1.10. The molecule has 0 fully saturated rings. The second kappa shape index (κ2) is 5.05. The number of H-pyrrole nitrogens is 1. The van der Waals surface area contributed by atoms with E-state index in [0.717, 1.165) is 10.1 Å². The van der Waals surface area contributed by atoms with Crippen LogP contribution >= 0.6 is 22.6 Å². The molecule has 0 saturated heterocycles. The van der Waals surface area contributed by atoms with Gasteiger partial charge in [-0.2, -0.15) is 10.4 Å². The lowest BCUT2D eigenvalue weighted by Crippen LogP contribution is -1.94. The Balaban J connectivity index is 2.23. The van der Waals surface area contributed by atoms with Gasteiger partial charge in [-0.05, 0) is 17.7 Å². The summed E-state index contributed by atoms with van der Waals surface area (Å²) in [6.07, 6.45) is 0. The Kier molecular flexibility index (Phi) is 3.49. The molecule has 2 rings (SSSR count). The molecule has 0 bridgehead atoms. The van der Waals surface area contributed by atoms with Gasteiger partial charge in [0, 0.05) is 10.1 Å². The van der Waals surface area contributed by atoms with E-state index in [1.54, 1.807) is 0 Å². The first kappa shape index (κ1) is 11.7. The smallest absolute Gasteiger partial charge is 0.172 e. The van der Waals surface area contributed by atoms with Gasteiger partial charge in [0.15, 0.2) is 5.82 Å². The summed E-state index contributed by atoms with van der Waals surface area (Å²) in [5.41, 5.74) is 8.03. The van der Waals surface area contributed by atoms with Crippen LogP contribution in [0.15, 0.2) is 24.3 Å². The van der Waals surface area contributed by atoms with Crippen LogP contribution in [0.3, 0.4) is 0 Å². The summed E-state index contributed by atoms with van der Waals surface area (Å²) < 4.78 is 0.969. The molecule has 0 aliphatic carbocycles. The van der Waals surface area contributed by atoms with Crippen LogP contribution in [0.1, 0.15) is 11.1 Å². The van der Waals surface area contributed by atoms with Crippen LogP contribution in [-0.2, 0) is 4.43 Å². The number of nitrogens with one attached hydrogen (secondary N) is 2. The molecule has 0 radical (unpaired) electrons.